The summed E-state index contributed by atoms with van der Waals surface area (Å²) in [5.74, 6) is 0. The molecule has 1 aromatic carbocycles. The Morgan fingerprint density at radius 2 is 1.69 bits per heavy atom. The van der Waals surface area contributed by atoms with Gasteiger partial charge < -0.3 is 19.0 Å². The second-order valence-electron chi connectivity index (χ2n) is 3.53. The zero-order chi connectivity index (χ0) is 12.2. The van der Waals surface area contributed by atoms with Crippen LogP contribution in [0.25, 0.3) is 0 Å². The Morgan fingerprint density at radius 1 is 1.12 bits per heavy atom. The summed E-state index contributed by atoms with van der Waals surface area (Å²) in [6, 6.07) is 6.03. The normalized spacial score (nSPS) is 11.8. The smallest absolute Gasteiger partial charge is 0.373 e. The Kier molecular flexibility index (Phi) is 4.64. The number of rotatable bonds is 5. The molecule has 0 saturated carbocycles. The molecule has 0 atom stereocenters. The first kappa shape index (κ1) is 13.3. The van der Waals surface area contributed by atoms with Gasteiger partial charge in [0.1, 0.15) is 0 Å². The van der Waals surface area contributed by atoms with Crippen molar-refractivity contribution in [1.82, 2.24) is 0 Å². The van der Waals surface area contributed by atoms with Crippen LogP contribution >= 0.6 is 0 Å². The van der Waals surface area contributed by atoms with Gasteiger partial charge in [-0.05, 0) is 12.5 Å². The first-order chi connectivity index (χ1) is 7.63. The molecule has 0 heterocycles. The van der Waals surface area contributed by atoms with Crippen molar-refractivity contribution in [3.63, 3.8) is 0 Å². The van der Waals surface area contributed by atoms with Gasteiger partial charge in [-0.1, -0.05) is 23.8 Å². The van der Waals surface area contributed by atoms with E-state index in [1.54, 1.807) is 21.3 Å². The minimum Gasteiger partial charge on any atom is -0.373 e. The molecule has 0 fully saturated rings. The Hall–Kier alpha value is -0.723. The molecule has 1 rings (SSSR count). The van der Waals surface area contributed by atoms with E-state index in [9.17, 15) is 0 Å². The molecule has 0 amide bonds. The molecule has 1 aromatic rings. The lowest BCUT2D eigenvalue weighted by Gasteiger charge is -2.26. The lowest BCUT2D eigenvalue weighted by Crippen LogP contribution is -2.56. The topological polar surface area (TPSA) is 53.7 Å². The third-order valence-corrected chi connectivity index (χ3v) is 5.36. The van der Waals surface area contributed by atoms with Gasteiger partial charge in [0.15, 0.2) is 0 Å². The van der Waals surface area contributed by atoms with Crippen LogP contribution in [0.5, 0.6) is 0 Å². The van der Waals surface area contributed by atoms with E-state index >= 15 is 0 Å². The van der Waals surface area contributed by atoms with Crippen LogP contribution in [0.2, 0.25) is 0 Å². The van der Waals surface area contributed by atoms with Gasteiger partial charge in [-0.25, -0.2) is 0 Å². The fourth-order valence-electron chi connectivity index (χ4n) is 1.73. The maximum absolute atomic E-state index is 5.72. The van der Waals surface area contributed by atoms with Gasteiger partial charge in [0.05, 0.1) is 0 Å². The lowest BCUT2D eigenvalue weighted by atomic mass is 10.1. The third-order valence-electron chi connectivity index (χ3n) is 2.62. The molecule has 0 radical (unpaired) electrons. The van der Waals surface area contributed by atoms with E-state index in [1.807, 2.05) is 25.1 Å². The molecular formula is C11H19NO3Si. The highest BCUT2D eigenvalue weighted by atomic mass is 28.4. The highest BCUT2D eigenvalue weighted by Gasteiger charge is 2.42. The SMILES string of the molecule is CO[Si](OC)(OC)c1cc(C)ccc1CN. The van der Waals surface area contributed by atoms with Crippen LogP contribution in [0.1, 0.15) is 11.1 Å². The Morgan fingerprint density at radius 3 is 2.12 bits per heavy atom. The van der Waals surface area contributed by atoms with Crippen molar-refractivity contribution in [2.75, 3.05) is 21.3 Å². The van der Waals surface area contributed by atoms with Gasteiger partial charge in [0.2, 0.25) is 0 Å². The first-order valence-corrected chi connectivity index (χ1v) is 6.81. The number of benzene rings is 1. The predicted octanol–water partition coefficient (Wildman–Crippen LogP) is 0.539. The second-order valence-corrected chi connectivity index (χ2v) is 6.41. The van der Waals surface area contributed by atoms with Gasteiger partial charge in [-0.2, -0.15) is 0 Å². The van der Waals surface area contributed by atoms with Crippen molar-refractivity contribution in [3.8, 4) is 0 Å². The molecule has 0 aromatic heterocycles. The Labute approximate surface area is 97.7 Å². The van der Waals surface area contributed by atoms with Gasteiger partial charge in [-0.3, -0.25) is 0 Å². The summed E-state index contributed by atoms with van der Waals surface area (Å²) in [4.78, 5) is 0. The summed E-state index contributed by atoms with van der Waals surface area (Å²) in [7, 11) is 2.03. The highest BCUT2D eigenvalue weighted by molar-refractivity contribution is 6.75. The van der Waals surface area contributed by atoms with E-state index in [1.165, 1.54) is 0 Å². The summed E-state index contributed by atoms with van der Waals surface area (Å²) < 4.78 is 16.4. The van der Waals surface area contributed by atoms with Crippen LogP contribution in [-0.4, -0.2) is 30.1 Å². The van der Waals surface area contributed by atoms with Crippen LogP contribution in [0.4, 0.5) is 0 Å². The van der Waals surface area contributed by atoms with E-state index in [-0.39, 0.29) is 0 Å². The average molecular weight is 241 g/mol. The molecule has 2 N–H and O–H groups in total. The van der Waals surface area contributed by atoms with Crippen molar-refractivity contribution in [1.29, 1.82) is 0 Å². The van der Waals surface area contributed by atoms with Crippen molar-refractivity contribution in [2.45, 2.75) is 13.5 Å². The summed E-state index contributed by atoms with van der Waals surface area (Å²) >= 11 is 0. The minimum atomic E-state index is -2.77. The molecule has 0 aliphatic heterocycles. The second kappa shape index (κ2) is 5.56. The van der Waals surface area contributed by atoms with Crippen molar-refractivity contribution in [2.24, 2.45) is 5.73 Å². The Balaban J connectivity index is 3.32. The van der Waals surface area contributed by atoms with E-state index in [0.29, 0.717) is 6.54 Å². The minimum absolute atomic E-state index is 0.445. The quantitative estimate of drug-likeness (QED) is 0.765. The van der Waals surface area contributed by atoms with Gasteiger partial charge in [0, 0.05) is 33.1 Å². The maximum Gasteiger partial charge on any atom is 0.536 e. The summed E-state index contributed by atoms with van der Waals surface area (Å²) in [6.45, 7) is 2.46. The number of aryl methyl sites for hydroxylation is 1. The zero-order valence-electron chi connectivity index (χ0n) is 10.2. The van der Waals surface area contributed by atoms with Crippen molar-refractivity contribution >= 4 is 14.0 Å². The molecule has 90 valence electrons. The predicted molar refractivity (Wildman–Crippen MR) is 65.5 cm³/mol. The monoisotopic (exact) mass is 241 g/mol. The number of hydrogen-bond donors (Lipinski definition) is 1. The fourth-order valence-corrected chi connectivity index (χ4v) is 3.88. The molecule has 0 saturated heterocycles. The van der Waals surface area contributed by atoms with E-state index in [2.05, 4.69) is 0 Å². The highest BCUT2D eigenvalue weighted by Crippen LogP contribution is 2.12. The molecule has 0 aliphatic carbocycles. The van der Waals surface area contributed by atoms with E-state index in [0.717, 1.165) is 16.3 Å². The fraction of sp³-hybridized carbons (Fsp3) is 0.455. The number of hydrogen-bond acceptors (Lipinski definition) is 4. The van der Waals surface area contributed by atoms with E-state index in [4.69, 9.17) is 19.0 Å². The van der Waals surface area contributed by atoms with E-state index < -0.39 is 8.80 Å². The maximum atomic E-state index is 5.72. The van der Waals surface area contributed by atoms with Crippen LogP contribution in [0.3, 0.4) is 0 Å². The largest absolute Gasteiger partial charge is 0.536 e. The number of nitrogens with two attached hydrogens (primary N) is 1. The molecule has 5 heteroatoms. The van der Waals surface area contributed by atoms with Crippen LogP contribution in [0, 0.1) is 6.92 Å². The van der Waals surface area contributed by atoms with Gasteiger partial charge in [0.25, 0.3) is 0 Å². The van der Waals surface area contributed by atoms with Crippen molar-refractivity contribution < 1.29 is 13.3 Å². The molecule has 0 bridgehead atoms. The molecule has 0 aliphatic rings. The van der Waals surface area contributed by atoms with Gasteiger partial charge >= 0.3 is 8.80 Å². The van der Waals surface area contributed by atoms with Gasteiger partial charge in [-0.15, -0.1) is 0 Å². The molecule has 0 spiro atoms. The van der Waals surface area contributed by atoms with Crippen LogP contribution in [0.15, 0.2) is 18.2 Å². The molecule has 16 heavy (non-hydrogen) atoms. The zero-order valence-corrected chi connectivity index (χ0v) is 11.2. The van der Waals surface area contributed by atoms with Crippen LogP contribution in [-0.2, 0) is 19.8 Å². The van der Waals surface area contributed by atoms with Crippen molar-refractivity contribution in [3.05, 3.63) is 29.3 Å². The first-order valence-electron chi connectivity index (χ1n) is 5.09. The molecule has 4 nitrogen and oxygen atoms in total. The average Bonchev–Trinajstić information content (AvgIpc) is 2.32. The van der Waals surface area contributed by atoms with Crippen LogP contribution < -0.4 is 10.9 Å². The molecule has 0 unspecified atom stereocenters. The summed E-state index contributed by atoms with van der Waals surface area (Å²) in [5, 5.41) is 0.947. The standard InChI is InChI=1S/C11H19NO3Si/c1-9-5-6-10(8-12)11(7-9)16(13-2,14-3)15-4/h5-7H,8,12H2,1-4H3. The molecular weight excluding hydrogens is 222 g/mol. The summed E-state index contributed by atoms with van der Waals surface area (Å²) in [5.41, 5.74) is 7.85. The summed E-state index contributed by atoms with van der Waals surface area (Å²) in [6.07, 6.45) is 0. The Bertz CT molecular complexity index is 345. The third kappa shape index (κ3) is 2.33. The lowest BCUT2D eigenvalue weighted by molar-refractivity contribution is 0.140.